The van der Waals surface area contributed by atoms with Gasteiger partial charge in [0.25, 0.3) is 0 Å². The van der Waals surface area contributed by atoms with Crippen LogP contribution in [0.1, 0.15) is 18.1 Å². The fourth-order valence-electron chi connectivity index (χ4n) is 1.79. The maximum absolute atomic E-state index is 9.92. The zero-order valence-electron chi connectivity index (χ0n) is 10.7. The molecule has 19 heavy (non-hydrogen) atoms. The van der Waals surface area contributed by atoms with Gasteiger partial charge in [0.05, 0.1) is 0 Å². The molecule has 0 heterocycles. The van der Waals surface area contributed by atoms with Crippen molar-refractivity contribution in [2.45, 2.75) is 6.92 Å². The van der Waals surface area contributed by atoms with Crippen LogP contribution in [0.4, 0.5) is 0 Å². The molecule has 2 nitrogen and oxygen atoms in total. The lowest BCUT2D eigenvalue weighted by Gasteiger charge is -2.02. The molecule has 0 atom stereocenters. The molecule has 0 saturated carbocycles. The number of phenols is 1. The molecule has 0 fully saturated rings. The number of rotatable bonds is 3. The van der Waals surface area contributed by atoms with Crippen LogP contribution in [0, 0.1) is 0 Å². The first kappa shape index (κ1) is 13.0. The summed E-state index contributed by atoms with van der Waals surface area (Å²) in [6, 6.07) is 16.5. The van der Waals surface area contributed by atoms with E-state index in [9.17, 15) is 10.2 Å². The Labute approximate surface area is 113 Å². The number of phenolic OH excluding ortho intramolecular Hbond substituents is 1. The zero-order chi connectivity index (χ0) is 13.7. The van der Waals surface area contributed by atoms with Crippen LogP contribution in [-0.4, -0.2) is 10.2 Å². The lowest BCUT2D eigenvalue weighted by Crippen LogP contribution is -1.82. The van der Waals surface area contributed by atoms with E-state index in [0.29, 0.717) is 0 Å². The summed E-state index contributed by atoms with van der Waals surface area (Å²) in [5.41, 5.74) is 2.85. The van der Waals surface area contributed by atoms with Gasteiger partial charge in [0, 0.05) is 0 Å². The van der Waals surface area contributed by atoms with E-state index in [4.69, 9.17) is 0 Å². The third-order valence-electron chi connectivity index (χ3n) is 2.80. The number of benzene rings is 2. The van der Waals surface area contributed by atoms with Crippen molar-refractivity contribution in [3.05, 3.63) is 77.6 Å². The number of hydrogen-bond acceptors (Lipinski definition) is 2. The van der Waals surface area contributed by atoms with Crippen LogP contribution in [0.3, 0.4) is 0 Å². The fourth-order valence-corrected chi connectivity index (χ4v) is 1.79. The Balaban J connectivity index is 2.21. The molecule has 0 bridgehead atoms. The van der Waals surface area contributed by atoms with Gasteiger partial charge in [-0.25, -0.2) is 0 Å². The largest absolute Gasteiger partial charge is 0.508 e. The average molecular weight is 252 g/mol. The van der Waals surface area contributed by atoms with Crippen molar-refractivity contribution in [1.82, 2.24) is 0 Å². The summed E-state index contributed by atoms with van der Waals surface area (Å²) in [5.74, 6) is 0.442. The third-order valence-corrected chi connectivity index (χ3v) is 2.80. The summed E-state index contributed by atoms with van der Waals surface area (Å²) < 4.78 is 0. The Bertz CT molecular complexity index is 593. The molecule has 2 N–H and O–H groups in total. The molecule has 2 aromatic rings. The van der Waals surface area contributed by atoms with E-state index >= 15 is 0 Å². The molecule has 0 aliphatic carbocycles. The van der Waals surface area contributed by atoms with Gasteiger partial charge in [0.15, 0.2) is 0 Å². The van der Waals surface area contributed by atoms with Crippen molar-refractivity contribution in [3.63, 3.8) is 0 Å². The van der Waals surface area contributed by atoms with Crippen molar-refractivity contribution in [1.29, 1.82) is 0 Å². The maximum atomic E-state index is 9.92. The highest BCUT2D eigenvalue weighted by atomic mass is 16.3. The molecule has 0 saturated heterocycles. The Morgan fingerprint density at radius 1 is 0.947 bits per heavy atom. The first-order chi connectivity index (χ1) is 9.15. The molecule has 0 aliphatic heterocycles. The summed E-state index contributed by atoms with van der Waals surface area (Å²) in [4.78, 5) is 0. The highest BCUT2D eigenvalue weighted by molar-refractivity contribution is 5.68. The first-order valence-electron chi connectivity index (χ1n) is 6.08. The van der Waals surface area contributed by atoms with Crippen molar-refractivity contribution in [3.8, 4) is 5.75 Å². The molecule has 2 heteroatoms. The van der Waals surface area contributed by atoms with Gasteiger partial charge in [0.1, 0.15) is 11.5 Å². The molecule has 0 radical (unpaired) electrons. The molecule has 0 aromatic heterocycles. The zero-order valence-corrected chi connectivity index (χ0v) is 10.7. The van der Waals surface area contributed by atoms with Gasteiger partial charge in [0.2, 0.25) is 0 Å². The topological polar surface area (TPSA) is 40.5 Å². The minimum Gasteiger partial charge on any atom is -0.508 e. The van der Waals surface area contributed by atoms with Crippen LogP contribution in [0.15, 0.2) is 66.4 Å². The minimum absolute atomic E-state index is 0.205. The van der Waals surface area contributed by atoms with Crippen LogP contribution in [0.2, 0.25) is 0 Å². The van der Waals surface area contributed by atoms with Crippen molar-refractivity contribution >= 4 is 11.6 Å². The van der Waals surface area contributed by atoms with Gasteiger partial charge in [-0.15, -0.1) is 0 Å². The van der Waals surface area contributed by atoms with E-state index < -0.39 is 0 Å². The molecule has 0 aliphatic rings. The Hall–Kier alpha value is -2.48. The minimum atomic E-state index is 0.205. The third kappa shape index (κ3) is 3.75. The van der Waals surface area contributed by atoms with E-state index in [-0.39, 0.29) is 11.5 Å². The Kier molecular flexibility index (Phi) is 4.04. The monoisotopic (exact) mass is 252 g/mol. The Morgan fingerprint density at radius 2 is 1.58 bits per heavy atom. The van der Waals surface area contributed by atoms with E-state index in [0.717, 1.165) is 16.7 Å². The van der Waals surface area contributed by atoms with Crippen LogP contribution in [0.25, 0.3) is 11.6 Å². The summed E-state index contributed by atoms with van der Waals surface area (Å²) >= 11 is 0. The van der Waals surface area contributed by atoms with E-state index in [1.54, 1.807) is 24.3 Å². The van der Waals surface area contributed by atoms with Crippen LogP contribution in [0.5, 0.6) is 5.75 Å². The molecule has 2 rings (SSSR count). The summed E-state index contributed by atoms with van der Waals surface area (Å²) in [7, 11) is 0. The second kappa shape index (κ2) is 5.91. The number of hydrogen-bond donors (Lipinski definition) is 2. The fraction of sp³-hybridized carbons (Fsp3) is 0.0588. The van der Waals surface area contributed by atoms with Crippen molar-refractivity contribution in [2.24, 2.45) is 0 Å². The van der Waals surface area contributed by atoms with E-state index in [1.807, 2.05) is 49.4 Å². The van der Waals surface area contributed by atoms with Gasteiger partial charge in [-0.1, -0.05) is 42.5 Å². The number of aromatic hydroxyl groups is 1. The number of aliphatic hydroxyl groups is 1. The molecular weight excluding hydrogens is 236 g/mol. The predicted molar refractivity (Wildman–Crippen MR) is 78.8 cm³/mol. The second-order valence-corrected chi connectivity index (χ2v) is 4.35. The maximum Gasteiger partial charge on any atom is 0.116 e. The number of aliphatic hydroxyl groups excluding tert-OH is 1. The van der Waals surface area contributed by atoms with Crippen molar-refractivity contribution in [2.75, 3.05) is 0 Å². The lowest BCUT2D eigenvalue weighted by atomic mass is 10.1. The summed E-state index contributed by atoms with van der Waals surface area (Å²) in [6.45, 7) is 1.92. The SMILES string of the molecule is CC(=CC(O)=Cc1ccccc1)c1ccc(O)cc1. The van der Waals surface area contributed by atoms with E-state index in [1.165, 1.54) is 0 Å². The van der Waals surface area contributed by atoms with E-state index in [2.05, 4.69) is 0 Å². The predicted octanol–water partition coefficient (Wildman–Crippen LogP) is 4.39. The van der Waals surface area contributed by atoms with Gasteiger partial charge in [-0.05, 0) is 47.9 Å². The molecule has 96 valence electrons. The van der Waals surface area contributed by atoms with Crippen LogP contribution >= 0.6 is 0 Å². The highest BCUT2D eigenvalue weighted by Crippen LogP contribution is 2.19. The second-order valence-electron chi connectivity index (χ2n) is 4.35. The highest BCUT2D eigenvalue weighted by Gasteiger charge is 1.97. The van der Waals surface area contributed by atoms with Gasteiger partial charge in [-0.2, -0.15) is 0 Å². The van der Waals surface area contributed by atoms with Gasteiger partial charge in [-0.3, -0.25) is 0 Å². The van der Waals surface area contributed by atoms with Crippen LogP contribution < -0.4 is 0 Å². The standard InChI is InChI=1S/C17H16O2/c1-13(15-7-9-16(18)10-8-15)11-17(19)12-14-5-3-2-4-6-14/h2-12,18-19H,1H3. The normalized spacial score (nSPS) is 12.5. The van der Waals surface area contributed by atoms with Crippen molar-refractivity contribution < 1.29 is 10.2 Å². The first-order valence-corrected chi connectivity index (χ1v) is 6.08. The molecule has 0 spiro atoms. The Morgan fingerprint density at radius 3 is 2.21 bits per heavy atom. The summed E-state index contributed by atoms with van der Waals surface area (Å²) in [5, 5.41) is 19.2. The average Bonchev–Trinajstić information content (AvgIpc) is 2.40. The molecule has 0 amide bonds. The number of allylic oxidation sites excluding steroid dienone is 2. The molecule has 2 aromatic carbocycles. The van der Waals surface area contributed by atoms with Gasteiger partial charge >= 0.3 is 0 Å². The quantitative estimate of drug-likeness (QED) is 0.628. The lowest BCUT2D eigenvalue weighted by molar-refractivity contribution is 0.438. The van der Waals surface area contributed by atoms with Gasteiger partial charge < -0.3 is 10.2 Å². The molecular formula is C17H16O2. The van der Waals surface area contributed by atoms with Crippen LogP contribution in [-0.2, 0) is 0 Å². The summed E-state index contributed by atoms with van der Waals surface area (Å²) in [6.07, 6.45) is 3.42. The molecule has 0 unspecified atom stereocenters. The smallest absolute Gasteiger partial charge is 0.116 e.